The second kappa shape index (κ2) is 9.23. The number of para-hydroxylation sites is 1. The predicted octanol–water partition coefficient (Wildman–Crippen LogP) is 2.02. The number of nitrogens with zero attached hydrogens (tertiary/aromatic N) is 4. The Bertz CT molecular complexity index is 880. The number of anilines is 1. The van der Waals surface area contributed by atoms with Crippen molar-refractivity contribution in [3.05, 3.63) is 72.6 Å². The van der Waals surface area contributed by atoms with Gasteiger partial charge in [0.2, 0.25) is 5.91 Å². The molecule has 2 N–H and O–H groups in total. The number of aromatic nitrogens is 4. The normalized spacial score (nSPS) is 10.4. The van der Waals surface area contributed by atoms with E-state index in [2.05, 4.69) is 25.7 Å². The standard InChI is InChI=1S/C19H20N6O2/c26-18(9-5-11-25-14-20-13-23-25)24-17-8-2-1-7-16(17)19(27)22-12-15-6-3-4-10-21-15/h1-4,6-8,10,13-14H,5,9,11-12H2,(H,22,27)(H,24,26). The van der Waals surface area contributed by atoms with E-state index in [0.717, 1.165) is 5.69 Å². The average Bonchev–Trinajstić information content (AvgIpc) is 3.21. The van der Waals surface area contributed by atoms with Crippen LogP contribution in [-0.4, -0.2) is 31.6 Å². The van der Waals surface area contributed by atoms with Gasteiger partial charge in [0, 0.05) is 19.2 Å². The zero-order valence-corrected chi connectivity index (χ0v) is 14.7. The Morgan fingerprint density at radius 3 is 2.70 bits per heavy atom. The van der Waals surface area contributed by atoms with Gasteiger partial charge in [0.05, 0.1) is 23.5 Å². The Labute approximate surface area is 156 Å². The summed E-state index contributed by atoms with van der Waals surface area (Å²) in [7, 11) is 0. The molecule has 0 aliphatic rings. The fraction of sp³-hybridized carbons (Fsp3) is 0.211. The molecule has 3 aromatic rings. The number of nitrogens with one attached hydrogen (secondary N) is 2. The third-order valence-corrected chi connectivity index (χ3v) is 3.86. The molecule has 0 aliphatic carbocycles. The first kappa shape index (κ1) is 18.2. The van der Waals surface area contributed by atoms with Crippen LogP contribution in [0.2, 0.25) is 0 Å². The van der Waals surface area contributed by atoms with Gasteiger partial charge in [-0.3, -0.25) is 19.3 Å². The highest BCUT2D eigenvalue weighted by Crippen LogP contribution is 2.15. The van der Waals surface area contributed by atoms with Gasteiger partial charge in [0.15, 0.2) is 0 Å². The van der Waals surface area contributed by atoms with Crippen LogP contribution in [0.5, 0.6) is 0 Å². The SMILES string of the molecule is O=C(CCCn1cncn1)Nc1ccccc1C(=O)NCc1ccccn1. The summed E-state index contributed by atoms with van der Waals surface area (Å²) in [6.45, 7) is 0.930. The number of benzene rings is 1. The van der Waals surface area contributed by atoms with Crippen molar-refractivity contribution in [1.29, 1.82) is 0 Å². The molecule has 0 radical (unpaired) electrons. The molecule has 2 amide bonds. The number of hydrogen-bond donors (Lipinski definition) is 2. The molecule has 3 rings (SSSR count). The van der Waals surface area contributed by atoms with Crippen LogP contribution in [0.3, 0.4) is 0 Å². The van der Waals surface area contributed by atoms with E-state index in [9.17, 15) is 9.59 Å². The Kier molecular flexibility index (Phi) is 6.24. The molecule has 1 aromatic carbocycles. The summed E-state index contributed by atoms with van der Waals surface area (Å²) in [5.74, 6) is -0.417. The first-order valence-corrected chi connectivity index (χ1v) is 8.62. The lowest BCUT2D eigenvalue weighted by Gasteiger charge is -2.11. The average molecular weight is 364 g/mol. The number of pyridine rings is 1. The van der Waals surface area contributed by atoms with Crippen molar-refractivity contribution in [3.8, 4) is 0 Å². The summed E-state index contributed by atoms with van der Waals surface area (Å²) >= 11 is 0. The zero-order valence-electron chi connectivity index (χ0n) is 14.7. The molecule has 8 heteroatoms. The van der Waals surface area contributed by atoms with E-state index in [-0.39, 0.29) is 11.8 Å². The first-order chi connectivity index (χ1) is 13.2. The number of amides is 2. The van der Waals surface area contributed by atoms with E-state index in [1.54, 1.807) is 41.5 Å². The summed E-state index contributed by atoms with van der Waals surface area (Å²) in [4.78, 5) is 32.7. The molecule has 0 saturated carbocycles. The largest absolute Gasteiger partial charge is 0.346 e. The van der Waals surface area contributed by atoms with Crippen LogP contribution < -0.4 is 10.6 Å². The molecule has 0 fully saturated rings. The van der Waals surface area contributed by atoms with Crippen molar-refractivity contribution < 1.29 is 9.59 Å². The second-order valence-electron chi connectivity index (χ2n) is 5.86. The number of hydrogen-bond acceptors (Lipinski definition) is 5. The Balaban J connectivity index is 1.54. The first-order valence-electron chi connectivity index (χ1n) is 8.62. The lowest BCUT2D eigenvalue weighted by atomic mass is 10.1. The molecule has 0 saturated heterocycles. The zero-order chi connectivity index (χ0) is 18.9. The molecule has 138 valence electrons. The summed E-state index contributed by atoms with van der Waals surface area (Å²) in [5.41, 5.74) is 1.67. The van der Waals surface area contributed by atoms with E-state index < -0.39 is 0 Å². The van der Waals surface area contributed by atoms with Crippen molar-refractivity contribution in [2.45, 2.75) is 25.9 Å². The maximum Gasteiger partial charge on any atom is 0.253 e. The maximum absolute atomic E-state index is 12.5. The van der Waals surface area contributed by atoms with Crippen molar-refractivity contribution >= 4 is 17.5 Å². The summed E-state index contributed by atoms with van der Waals surface area (Å²) in [5, 5.41) is 9.62. The monoisotopic (exact) mass is 364 g/mol. The van der Waals surface area contributed by atoms with Gasteiger partial charge in [-0.15, -0.1) is 0 Å². The molecule has 27 heavy (non-hydrogen) atoms. The second-order valence-corrected chi connectivity index (χ2v) is 5.86. The third-order valence-electron chi connectivity index (χ3n) is 3.86. The van der Waals surface area contributed by atoms with Gasteiger partial charge in [-0.1, -0.05) is 18.2 Å². The molecule has 0 atom stereocenters. The highest BCUT2D eigenvalue weighted by atomic mass is 16.2. The molecule has 8 nitrogen and oxygen atoms in total. The minimum atomic E-state index is -0.265. The highest BCUT2D eigenvalue weighted by Gasteiger charge is 2.13. The lowest BCUT2D eigenvalue weighted by Crippen LogP contribution is -2.25. The van der Waals surface area contributed by atoms with E-state index in [1.165, 1.54) is 6.33 Å². The molecule has 0 spiro atoms. The number of aryl methyl sites for hydroxylation is 1. The van der Waals surface area contributed by atoms with E-state index in [0.29, 0.717) is 37.2 Å². The van der Waals surface area contributed by atoms with Gasteiger partial charge in [-0.2, -0.15) is 5.10 Å². The summed E-state index contributed by atoms with van der Waals surface area (Å²) in [6, 6.07) is 12.4. The predicted molar refractivity (Wildman–Crippen MR) is 99.7 cm³/mol. The highest BCUT2D eigenvalue weighted by molar-refractivity contribution is 6.03. The fourth-order valence-corrected chi connectivity index (χ4v) is 2.52. The van der Waals surface area contributed by atoms with Crippen LogP contribution >= 0.6 is 0 Å². The van der Waals surface area contributed by atoms with Crippen molar-refractivity contribution in [2.75, 3.05) is 5.32 Å². The minimum Gasteiger partial charge on any atom is -0.346 e. The summed E-state index contributed by atoms with van der Waals surface area (Å²) < 4.78 is 1.67. The van der Waals surface area contributed by atoms with E-state index in [1.807, 2.05) is 18.2 Å². The number of rotatable bonds is 8. The molecule has 2 heterocycles. The maximum atomic E-state index is 12.5. The van der Waals surface area contributed by atoms with Gasteiger partial charge >= 0.3 is 0 Å². The Hall–Kier alpha value is -3.55. The van der Waals surface area contributed by atoms with Gasteiger partial charge in [-0.05, 0) is 30.7 Å². The lowest BCUT2D eigenvalue weighted by molar-refractivity contribution is -0.116. The van der Waals surface area contributed by atoms with Crippen LogP contribution in [0.25, 0.3) is 0 Å². The third kappa shape index (κ3) is 5.46. The molecular formula is C19H20N6O2. The van der Waals surface area contributed by atoms with E-state index >= 15 is 0 Å². The quantitative estimate of drug-likeness (QED) is 0.637. The van der Waals surface area contributed by atoms with Crippen LogP contribution in [0.15, 0.2) is 61.3 Å². The van der Waals surface area contributed by atoms with E-state index in [4.69, 9.17) is 0 Å². The van der Waals surface area contributed by atoms with Crippen LogP contribution in [0, 0.1) is 0 Å². The molecule has 0 aliphatic heterocycles. The Morgan fingerprint density at radius 1 is 1.07 bits per heavy atom. The van der Waals surface area contributed by atoms with Crippen molar-refractivity contribution in [2.24, 2.45) is 0 Å². The van der Waals surface area contributed by atoms with Gasteiger partial charge < -0.3 is 10.6 Å². The minimum absolute atomic E-state index is 0.153. The fourth-order valence-electron chi connectivity index (χ4n) is 2.52. The van der Waals surface area contributed by atoms with Crippen LogP contribution in [0.1, 0.15) is 28.9 Å². The van der Waals surface area contributed by atoms with Crippen molar-refractivity contribution in [1.82, 2.24) is 25.1 Å². The van der Waals surface area contributed by atoms with Gasteiger partial charge in [-0.25, -0.2) is 4.98 Å². The molecule has 0 bridgehead atoms. The smallest absolute Gasteiger partial charge is 0.253 e. The molecular weight excluding hydrogens is 344 g/mol. The topological polar surface area (TPSA) is 102 Å². The van der Waals surface area contributed by atoms with Crippen LogP contribution in [-0.2, 0) is 17.9 Å². The number of carbonyl (C=O) groups is 2. The van der Waals surface area contributed by atoms with Crippen LogP contribution in [0.4, 0.5) is 5.69 Å². The summed E-state index contributed by atoms with van der Waals surface area (Å²) in [6.07, 6.45) is 5.70. The van der Waals surface area contributed by atoms with Gasteiger partial charge in [0.1, 0.15) is 12.7 Å². The van der Waals surface area contributed by atoms with Crippen molar-refractivity contribution in [3.63, 3.8) is 0 Å². The van der Waals surface area contributed by atoms with Gasteiger partial charge in [0.25, 0.3) is 5.91 Å². The Morgan fingerprint density at radius 2 is 1.93 bits per heavy atom. The molecule has 0 unspecified atom stereocenters. The molecule has 2 aromatic heterocycles. The number of carbonyl (C=O) groups excluding carboxylic acids is 2.